The Morgan fingerprint density at radius 3 is 2.62 bits per heavy atom. The molecule has 0 saturated carbocycles. The topological polar surface area (TPSA) is 93.0 Å². The van der Waals surface area contributed by atoms with Crippen molar-refractivity contribution in [2.75, 3.05) is 25.5 Å². The predicted octanol–water partition coefficient (Wildman–Crippen LogP) is 3.20. The maximum atomic E-state index is 14.1. The van der Waals surface area contributed by atoms with E-state index in [1.807, 2.05) is 44.2 Å². The van der Waals surface area contributed by atoms with Crippen LogP contribution < -0.4 is 24.9 Å². The number of para-hydroxylation sites is 1. The van der Waals surface area contributed by atoms with Crippen molar-refractivity contribution in [2.45, 2.75) is 26.8 Å². The molecule has 0 bridgehead atoms. The van der Waals surface area contributed by atoms with Crippen LogP contribution in [-0.2, 0) is 9.59 Å². The maximum Gasteiger partial charge on any atom is 0.271 e. The highest BCUT2D eigenvalue weighted by molar-refractivity contribution is 9.10. The summed E-state index contributed by atoms with van der Waals surface area (Å²) in [5.74, 6) is 0.0218. The minimum absolute atomic E-state index is 0.187. The van der Waals surface area contributed by atoms with Gasteiger partial charge in [0.2, 0.25) is 0 Å². The number of anilines is 1. The summed E-state index contributed by atoms with van der Waals surface area (Å²) >= 11 is 4.61. The molecule has 3 heterocycles. The fourth-order valence-electron chi connectivity index (χ4n) is 4.88. The Hall–Kier alpha value is -3.50. The quantitative estimate of drug-likeness (QED) is 0.501. The molecule has 190 valence electrons. The number of likely N-dealkylation sites (N-methyl/N-ethyl adjacent to an activating group) is 1. The van der Waals surface area contributed by atoms with Gasteiger partial charge in [-0.25, -0.2) is 4.99 Å². The molecule has 1 N–H and O–H groups in total. The SMILES string of the molecule is CCN(CC)C(=O)C1=C(C)N=c2s/c(=C3/C(=O)Nc4ccc(Br)cc43)c(=O)n2[C@H]1c1ccccc1OC. The fraction of sp³-hybridized carbons (Fsp3) is 0.259. The Morgan fingerprint density at radius 2 is 1.92 bits per heavy atom. The van der Waals surface area contributed by atoms with Gasteiger partial charge in [0.1, 0.15) is 16.3 Å². The normalized spacial score (nSPS) is 17.6. The smallest absolute Gasteiger partial charge is 0.271 e. The molecular formula is C27H25BrN4O4S. The molecule has 2 amide bonds. The van der Waals surface area contributed by atoms with Crippen LogP contribution in [0.4, 0.5) is 5.69 Å². The van der Waals surface area contributed by atoms with Gasteiger partial charge in [-0.05, 0) is 45.0 Å². The number of halogens is 1. The van der Waals surface area contributed by atoms with Gasteiger partial charge in [0.05, 0.1) is 24.0 Å². The molecule has 1 aromatic heterocycles. The van der Waals surface area contributed by atoms with Crippen molar-refractivity contribution in [2.24, 2.45) is 4.99 Å². The number of rotatable bonds is 5. The Bertz CT molecular complexity index is 1670. The summed E-state index contributed by atoms with van der Waals surface area (Å²) in [5.41, 5.74) is 2.83. The van der Waals surface area contributed by atoms with Gasteiger partial charge in [0, 0.05) is 34.4 Å². The van der Waals surface area contributed by atoms with Gasteiger partial charge in [-0.1, -0.05) is 45.5 Å². The van der Waals surface area contributed by atoms with Crippen LogP contribution >= 0.6 is 27.3 Å². The first-order valence-corrected chi connectivity index (χ1v) is 13.5. The van der Waals surface area contributed by atoms with E-state index >= 15 is 0 Å². The van der Waals surface area contributed by atoms with E-state index in [0.29, 0.717) is 57.3 Å². The Labute approximate surface area is 225 Å². The fourth-order valence-corrected chi connectivity index (χ4v) is 6.38. The predicted molar refractivity (Wildman–Crippen MR) is 146 cm³/mol. The summed E-state index contributed by atoms with van der Waals surface area (Å²) in [6.45, 7) is 6.66. The molecule has 2 aliphatic heterocycles. The molecule has 0 fully saturated rings. The van der Waals surface area contributed by atoms with Gasteiger partial charge in [-0.2, -0.15) is 0 Å². The summed E-state index contributed by atoms with van der Waals surface area (Å²) in [4.78, 5) is 47.8. The molecule has 0 saturated heterocycles. The summed E-state index contributed by atoms with van der Waals surface area (Å²) in [6.07, 6.45) is 0. The molecule has 2 aliphatic rings. The van der Waals surface area contributed by atoms with Crippen molar-refractivity contribution >= 4 is 50.3 Å². The highest BCUT2D eigenvalue weighted by Crippen LogP contribution is 2.36. The average molecular weight is 581 g/mol. The van der Waals surface area contributed by atoms with Crippen molar-refractivity contribution in [3.63, 3.8) is 0 Å². The average Bonchev–Trinajstić information content (AvgIpc) is 3.38. The molecule has 2 aromatic carbocycles. The zero-order valence-corrected chi connectivity index (χ0v) is 23.2. The van der Waals surface area contributed by atoms with E-state index in [0.717, 1.165) is 15.8 Å². The Morgan fingerprint density at radius 1 is 1.19 bits per heavy atom. The molecule has 0 aliphatic carbocycles. The number of methoxy groups -OCH3 is 1. The summed E-state index contributed by atoms with van der Waals surface area (Å²) in [5, 5.41) is 2.85. The lowest BCUT2D eigenvalue weighted by Crippen LogP contribution is -2.43. The molecule has 0 spiro atoms. The number of amides is 2. The van der Waals surface area contributed by atoms with Crippen LogP contribution in [0.25, 0.3) is 5.57 Å². The number of nitrogens with one attached hydrogen (secondary N) is 1. The van der Waals surface area contributed by atoms with Crippen LogP contribution in [-0.4, -0.2) is 41.5 Å². The van der Waals surface area contributed by atoms with Crippen molar-refractivity contribution in [1.82, 2.24) is 9.47 Å². The number of allylic oxidation sites excluding steroid dienone is 1. The number of aromatic nitrogens is 1. The van der Waals surface area contributed by atoms with E-state index in [2.05, 4.69) is 21.2 Å². The highest BCUT2D eigenvalue weighted by atomic mass is 79.9. The minimum Gasteiger partial charge on any atom is -0.496 e. The van der Waals surface area contributed by atoms with E-state index in [1.54, 1.807) is 31.1 Å². The zero-order chi connectivity index (χ0) is 26.4. The van der Waals surface area contributed by atoms with E-state index in [9.17, 15) is 14.4 Å². The summed E-state index contributed by atoms with van der Waals surface area (Å²) in [6, 6.07) is 12.0. The number of carbonyl (C=O) groups is 2. The third-order valence-electron chi connectivity index (χ3n) is 6.67. The molecular weight excluding hydrogens is 556 g/mol. The maximum absolute atomic E-state index is 14.1. The minimum atomic E-state index is -0.763. The van der Waals surface area contributed by atoms with Gasteiger partial charge in [0.25, 0.3) is 17.4 Å². The van der Waals surface area contributed by atoms with Crippen LogP contribution in [0.2, 0.25) is 0 Å². The second-order valence-electron chi connectivity index (χ2n) is 8.64. The first-order chi connectivity index (χ1) is 17.8. The molecule has 37 heavy (non-hydrogen) atoms. The Balaban J connectivity index is 1.85. The standard InChI is InChI=1S/C27H25BrN4O4S/c1-5-31(6-2)25(34)20-14(3)29-27-32(22(20)16-9-7-8-10-19(16)36-4)26(35)23(37-27)21-17-13-15(28)11-12-18(17)30-24(21)33/h7-13,22H,5-6H2,1-4H3,(H,30,33)/b23-21+/t22-/m0/s1. The van der Waals surface area contributed by atoms with Gasteiger partial charge >= 0.3 is 0 Å². The number of fused-ring (bicyclic) bond motifs is 2. The van der Waals surface area contributed by atoms with Crippen LogP contribution in [0.3, 0.4) is 0 Å². The largest absolute Gasteiger partial charge is 0.496 e. The number of nitrogens with zero attached hydrogens (tertiary/aromatic N) is 3. The van der Waals surface area contributed by atoms with Crippen LogP contribution in [0.1, 0.15) is 37.9 Å². The molecule has 3 aromatic rings. The van der Waals surface area contributed by atoms with Crippen molar-refractivity contribution in [3.8, 4) is 5.75 Å². The first kappa shape index (κ1) is 25.2. The van der Waals surface area contributed by atoms with Crippen LogP contribution in [0.5, 0.6) is 5.75 Å². The van der Waals surface area contributed by atoms with E-state index in [-0.39, 0.29) is 21.9 Å². The van der Waals surface area contributed by atoms with Crippen LogP contribution in [0, 0.1) is 0 Å². The number of hydrogen-bond donors (Lipinski definition) is 1. The number of benzene rings is 2. The van der Waals surface area contributed by atoms with Crippen LogP contribution in [0.15, 0.2) is 68.0 Å². The number of carbonyl (C=O) groups excluding carboxylic acids is 2. The summed E-state index contributed by atoms with van der Waals surface area (Å²) < 4.78 is 8.24. The van der Waals surface area contributed by atoms with Gasteiger partial charge < -0.3 is 15.0 Å². The molecule has 8 nitrogen and oxygen atoms in total. The third kappa shape index (κ3) is 4.04. The lowest BCUT2D eigenvalue weighted by molar-refractivity contribution is -0.127. The van der Waals surface area contributed by atoms with Gasteiger partial charge in [0.15, 0.2) is 4.80 Å². The second kappa shape index (κ2) is 9.75. The number of hydrogen-bond acceptors (Lipinski definition) is 6. The lowest BCUT2D eigenvalue weighted by atomic mass is 9.94. The van der Waals surface area contributed by atoms with Crippen molar-refractivity contribution in [3.05, 3.63) is 89.0 Å². The van der Waals surface area contributed by atoms with Gasteiger partial charge in [-0.3, -0.25) is 19.0 Å². The molecule has 10 heteroatoms. The van der Waals surface area contributed by atoms with E-state index in [1.165, 1.54) is 4.57 Å². The first-order valence-electron chi connectivity index (χ1n) is 11.9. The lowest BCUT2D eigenvalue weighted by Gasteiger charge is -2.29. The Kier molecular flexibility index (Phi) is 6.63. The van der Waals surface area contributed by atoms with Crippen molar-refractivity contribution < 1.29 is 14.3 Å². The molecule has 5 rings (SSSR count). The zero-order valence-electron chi connectivity index (χ0n) is 20.8. The third-order valence-corrected chi connectivity index (χ3v) is 8.21. The molecule has 0 unspecified atom stereocenters. The molecule has 1 atom stereocenters. The number of ether oxygens (including phenoxy) is 1. The monoisotopic (exact) mass is 580 g/mol. The van der Waals surface area contributed by atoms with E-state index in [4.69, 9.17) is 9.73 Å². The van der Waals surface area contributed by atoms with Crippen molar-refractivity contribution in [1.29, 1.82) is 0 Å². The highest BCUT2D eigenvalue weighted by Gasteiger charge is 2.37. The molecule has 0 radical (unpaired) electrons. The van der Waals surface area contributed by atoms with E-state index < -0.39 is 6.04 Å². The van der Waals surface area contributed by atoms with Gasteiger partial charge in [-0.15, -0.1) is 0 Å². The number of thiazole rings is 1. The summed E-state index contributed by atoms with van der Waals surface area (Å²) in [7, 11) is 1.56. The second-order valence-corrected chi connectivity index (χ2v) is 10.5.